The molecule has 0 fully saturated rings. The van der Waals surface area contributed by atoms with Gasteiger partial charge < -0.3 is 14.4 Å². The van der Waals surface area contributed by atoms with Gasteiger partial charge >= 0.3 is 0 Å². The Balaban J connectivity index is 1.09. The fourth-order valence-electron chi connectivity index (χ4n) is 17.2. The Kier molecular flexibility index (Phi) is 17.6. The molecule has 0 amide bonds. The first-order valence-corrected chi connectivity index (χ1v) is 39.5. The lowest BCUT2D eigenvalue weighted by Crippen LogP contribution is -2.61. The molecule has 0 radical (unpaired) electrons. The van der Waals surface area contributed by atoms with E-state index >= 15 is 0 Å². The largest absolute Gasteiger partial charge is 0.310 e. The molecular weight excluding hydrogens is 1350 g/mol. The zero-order chi connectivity index (χ0) is 78.1. The average molecular weight is 1450 g/mol. The number of rotatable bonds is 10. The molecule has 0 atom stereocenters. The SMILES string of the molecule is CC(C)(C)c1cccc(-c2cc(-c3ccccc3C#N)cc(-c3ccccc3)c2N2c3ccc(-c4cc(C(C)(C)C)cc(C(C)(C)C)c4)cc3B3c4ccc(-n5c6ccccc6c6ccccc65)cc4N(c4c(-c5ccccc5)cc(-c5ccccc5C#N)cc4-c4cccc(C(C)(C)C)c4)c4cc(C(C)(C)C)cc2c43)c1. The van der Waals surface area contributed by atoms with Crippen molar-refractivity contribution in [3.63, 3.8) is 0 Å². The molecule has 2 aliphatic rings. The first-order valence-electron chi connectivity index (χ1n) is 39.5. The molecule has 0 saturated carbocycles. The summed E-state index contributed by atoms with van der Waals surface area (Å²) in [4.78, 5) is 5.35. The molecular formula is C106H94BN5. The van der Waals surface area contributed by atoms with Gasteiger partial charge in [-0.3, -0.25) is 0 Å². The second-order valence-corrected chi connectivity index (χ2v) is 36.0. The van der Waals surface area contributed by atoms with Gasteiger partial charge in [0, 0.05) is 61.5 Å². The third kappa shape index (κ3) is 12.7. The number of anilines is 6. The van der Waals surface area contributed by atoms with Gasteiger partial charge in [-0.25, -0.2) is 0 Å². The van der Waals surface area contributed by atoms with E-state index in [2.05, 4.69) is 403 Å². The van der Waals surface area contributed by atoms with Gasteiger partial charge in [0.1, 0.15) is 0 Å². The summed E-state index contributed by atoms with van der Waals surface area (Å²) in [7, 11) is 0. The summed E-state index contributed by atoms with van der Waals surface area (Å²) in [5.41, 5.74) is 33.8. The van der Waals surface area contributed by atoms with Crippen LogP contribution in [-0.2, 0) is 27.1 Å². The van der Waals surface area contributed by atoms with E-state index in [1.54, 1.807) is 0 Å². The molecule has 3 heterocycles. The molecule has 6 heteroatoms. The molecule has 0 aliphatic carbocycles. The fourth-order valence-corrected chi connectivity index (χ4v) is 17.2. The third-order valence-corrected chi connectivity index (χ3v) is 23.4. The van der Waals surface area contributed by atoms with Crippen LogP contribution in [0, 0.1) is 22.7 Å². The van der Waals surface area contributed by atoms with E-state index in [9.17, 15) is 10.5 Å². The van der Waals surface area contributed by atoms with E-state index in [-0.39, 0.29) is 28.4 Å². The molecule has 2 aliphatic heterocycles. The number of benzene rings is 14. The molecule has 5 nitrogen and oxygen atoms in total. The summed E-state index contributed by atoms with van der Waals surface area (Å²) < 4.78 is 2.48. The quantitative estimate of drug-likeness (QED) is 0.128. The second kappa shape index (κ2) is 27.2. The minimum Gasteiger partial charge on any atom is -0.310 e. The topological polar surface area (TPSA) is 59.0 Å². The lowest BCUT2D eigenvalue weighted by Gasteiger charge is -2.46. The van der Waals surface area contributed by atoms with Crippen molar-refractivity contribution in [2.24, 2.45) is 0 Å². The summed E-state index contributed by atoms with van der Waals surface area (Å²) in [5, 5.41) is 24.6. The van der Waals surface area contributed by atoms with Crippen molar-refractivity contribution in [2.75, 3.05) is 9.80 Å². The smallest absolute Gasteiger partial charge is 0.252 e. The molecule has 0 saturated heterocycles. The van der Waals surface area contributed by atoms with Crippen molar-refractivity contribution in [3.05, 3.63) is 336 Å². The van der Waals surface area contributed by atoms with Crippen molar-refractivity contribution >= 4 is 79.0 Å². The highest BCUT2D eigenvalue weighted by molar-refractivity contribution is 7.00. The van der Waals surface area contributed by atoms with Crippen LogP contribution in [-0.4, -0.2) is 11.3 Å². The minimum absolute atomic E-state index is 0.142. The Morgan fingerprint density at radius 2 is 0.652 bits per heavy atom. The zero-order valence-corrected chi connectivity index (χ0v) is 67.1. The summed E-state index contributed by atoms with van der Waals surface area (Å²) in [5.74, 6) is 0. The lowest BCUT2D eigenvalue weighted by atomic mass is 9.33. The monoisotopic (exact) mass is 1450 g/mol. The van der Waals surface area contributed by atoms with Crippen molar-refractivity contribution in [3.8, 4) is 95.7 Å². The summed E-state index contributed by atoms with van der Waals surface area (Å²) in [6, 6.07) is 116. The van der Waals surface area contributed by atoms with Gasteiger partial charge in [0.05, 0.1) is 45.7 Å². The van der Waals surface area contributed by atoms with Crippen LogP contribution < -0.4 is 26.2 Å². The Hall–Kier alpha value is -12.5. The molecule has 14 aromatic carbocycles. The highest BCUT2D eigenvalue weighted by atomic mass is 15.2. The molecule has 0 N–H and O–H groups in total. The molecule has 546 valence electrons. The lowest BCUT2D eigenvalue weighted by molar-refractivity contribution is 0.569. The molecule has 17 rings (SSSR count). The van der Waals surface area contributed by atoms with Crippen LogP contribution in [0.3, 0.4) is 0 Å². The maximum absolute atomic E-state index is 11.1. The van der Waals surface area contributed by atoms with Crippen molar-refractivity contribution in [2.45, 2.75) is 131 Å². The van der Waals surface area contributed by atoms with E-state index in [0.29, 0.717) is 11.1 Å². The highest BCUT2D eigenvalue weighted by Crippen LogP contribution is 2.56. The number of nitriles is 2. The average Bonchev–Trinajstić information content (AvgIpc) is 0.742. The Bertz CT molecular complexity index is 6290. The third-order valence-electron chi connectivity index (χ3n) is 23.4. The Labute approximate surface area is 662 Å². The van der Waals surface area contributed by atoms with Crippen LogP contribution >= 0.6 is 0 Å². The maximum Gasteiger partial charge on any atom is 0.252 e. The molecule has 15 aromatic rings. The highest BCUT2D eigenvalue weighted by Gasteiger charge is 2.47. The Morgan fingerprint density at radius 1 is 0.259 bits per heavy atom. The van der Waals surface area contributed by atoms with Crippen LogP contribution in [0.5, 0.6) is 0 Å². The number of aromatic nitrogens is 1. The van der Waals surface area contributed by atoms with Gasteiger partial charge in [-0.05, 0) is 206 Å². The summed E-state index contributed by atoms with van der Waals surface area (Å²) in [6.45, 7) is 34.6. The van der Waals surface area contributed by atoms with Gasteiger partial charge in [0.2, 0.25) is 0 Å². The fraction of sp³-hybridized carbons (Fsp3) is 0.189. The van der Waals surface area contributed by atoms with Crippen LogP contribution in [0.25, 0.3) is 105 Å². The van der Waals surface area contributed by atoms with E-state index in [0.717, 1.165) is 129 Å². The zero-order valence-electron chi connectivity index (χ0n) is 67.1. The second-order valence-electron chi connectivity index (χ2n) is 36.0. The molecule has 112 heavy (non-hydrogen) atoms. The van der Waals surface area contributed by atoms with Gasteiger partial charge in [-0.2, -0.15) is 10.5 Å². The predicted octanol–water partition coefficient (Wildman–Crippen LogP) is 26.8. The van der Waals surface area contributed by atoms with Crippen LogP contribution in [0.1, 0.15) is 143 Å². The normalized spacial score (nSPS) is 12.9. The Morgan fingerprint density at radius 3 is 1.11 bits per heavy atom. The summed E-state index contributed by atoms with van der Waals surface area (Å²) >= 11 is 0. The molecule has 0 unspecified atom stereocenters. The minimum atomic E-state index is -0.412. The first-order chi connectivity index (χ1) is 53.6. The standard InChI is InChI=1S/C106H94BN5/c1-102(2,3)77-40-30-38-70(52-77)89-58-75(83-42-24-22-36-72(83)65-108)56-87(67-32-18-16-19-33-67)100(89)111-95-51-48-69(74-54-79(104(7,8)9)61-80(55-74)105(10,11)12)60-92(95)107-91-50-49-82(110-93-46-28-26-44-85(93)86-45-27-29-47-94(86)110)64-96(91)112(98-63-81(106(13,14)15)62-97(111)99(98)107)101-88(68-34-20-17-21-35-68)57-76(84-43-25-23-37-73(84)66-109)59-90(101)71-39-31-41-78(53-71)103(4,5)6/h16-64H,1-15H3. The summed E-state index contributed by atoms with van der Waals surface area (Å²) in [6.07, 6.45) is 0. The number of para-hydroxylation sites is 2. The molecule has 1 aromatic heterocycles. The number of hydrogen-bond donors (Lipinski definition) is 0. The van der Waals surface area contributed by atoms with Crippen molar-refractivity contribution < 1.29 is 0 Å². The molecule has 0 spiro atoms. The number of fused-ring (bicyclic) bond motifs is 7. The van der Waals surface area contributed by atoms with Gasteiger partial charge in [-0.15, -0.1) is 0 Å². The number of hydrogen-bond acceptors (Lipinski definition) is 4. The van der Waals surface area contributed by atoms with Gasteiger partial charge in [0.15, 0.2) is 0 Å². The van der Waals surface area contributed by atoms with Crippen LogP contribution in [0.2, 0.25) is 0 Å². The van der Waals surface area contributed by atoms with Crippen molar-refractivity contribution in [1.29, 1.82) is 10.5 Å². The van der Waals surface area contributed by atoms with Gasteiger partial charge in [0.25, 0.3) is 6.71 Å². The predicted molar refractivity (Wildman–Crippen MR) is 476 cm³/mol. The van der Waals surface area contributed by atoms with Gasteiger partial charge in [-0.1, -0.05) is 322 Å². The molecule has 0 bridgehead atoms. The van der Waals surface area contributed by atoms with E-state index in [1.807, 2.05) is 24.3 Å². The number of nitrogens with zero attached hydrogens (tertiary/aromatic N) is 5. The van der Waals surface area contributed by atoms with Crippen LogP contribution in [0.4, 0.5) is 34.1 Å². The van der Waals surface area contributed by atoms with E-state index in [4.69, 9.17) is 0 Å². The van der Waals surface area contributed by atoms with Crippen molar-refractivity contribution in [1.82, 2.24) is 4.57 Å². The van der Waals surface area contributed by atoms with E-state index < -0.39 is 5.41 Å². The first kappa shape index (κ1) is 72.4. The maximum atomic E-state index is 11.1. The van der Waals surface area contributed by atoms with Crippen LogP contribution in [0.15, 0.2) is 297 Å². The van der Waals surface area contributed by atoms with E-state index in [1.165, 1.54) is 55.1 Å².